The smallest absolute Gasteiger partial charge is 0.257 e. The van der Waals surface area contributed by atoms with Crippen molar-refractivity contribution in [2.24, 2.45) is 0 Å². The molecule has 27 heavy (non-hydrogen) atoms. The molecule has 0 radical (unpaired) electrons. The molecule has 2 aromatic carbocycles. The van der Waals surface area contributed by atoms with Gasteiger partial charge >= 0.3 is 0 Å². The van der Waals surface area contributed by atoms with Gasteiger partial charge in [0.25, 0.3) is 5.91 Å². The number of carbonyl (C=O) groups excluding carboxylic acids is 1. The Balaban J connectivity index is 1.36. The van der Waals surface area contributed by atoms with E-state index in [1.165, 1.54) is 5.56 Å². The first-order valence-corrected chi connectivity index (χ1v) is 9.43. The Morgan fingerprint density at radius 1 is 0.963 bits per heavy atom. The van der Waals surface area contributed by atoms with Crippen LogP contribution in [0.4, 0.5) is 0 Å². The van der Waals surface area contributed by atoms with Gasteiger partial charge in [-0.2, -0.15) is 5.10 Å². The first-order valence-electron chi connectivity index (χ1n) is 9.05. The average Bonchev–Trinajstić information content (AvgIpc) is 3.20. The van der Waals surface area contributed by atoms with E-state index in [1.54, 1.807) is 17.1 Å². The van der Waals surface area contributed by atoms with Crippen molar-refractivity contribution in [3.63, 3.8) is 0 Å². The van der Waals surface area contributed by atoms with Gasteiger partial charge in [0.1, 0.15) is 0 Å². The molecule has 5 nitrogen and oxygen atoms in total. The molecule has 1 aliphatic rings. The monoisotopic (exact) mass is 380 g/mol. The molecule has 0 spiro atoms. The zero-order valence-corrected chi connectivity index (χ0v) is 15.7. The molecule has 0 saturated carbocycles. The van der Waals surface area contributed by atoms with Gasteiger partial charge in [-0.05, 0) is 29.8 Å². The molecule has 0 atom stereocenters. The van der Waals surface area contributed by atoms with E-state index in [1.807, 2.05) is 35.2 Å². The molecule has 6 heteroatoms. The minimum Gasteiger partial charge on any atom is -0.336 e. The maximum absolute atomic E-state index is 12.8. The molecule has 0 aliphatic carbocycles. The van der Waals surface area contributed by atoms with Crippen molar-refractivity contribution in [1.82, 2.24) is 19.6 Å². The first-order chi connectivity index (χ1) is 13.2. The van der Waals surface area contributed by atoms with Crippen molar-refractivity contribution in [3.05, 3.63) is 83.1 Å². The molecule has 1 fully saturated rings. The highest BCUT2D eigenvalue weighted by Crippen LogP contribution is 2.15. The summed E-state index contributed by atoms with van der Waals surface area (Å²) in [5, 5.41) is 4.99. The van der Waals surface area contributed by atoms with Gasteiger partial charge < -0.3 is 4.90 Å². The maximum atomic E-state index is 12.8. The largest absolute Gasteiger partial charge is 0.336 e. The Morgan fingerprint density at radius 2 is 1.67 bits per heavy atom. The predicted octanol–water partition coefficient (Wildman–Crippen LogP) is 3.48. The summed E-state index contributed by atoms with van der Waals surface area (Å²) in [7, 11) is 0. The van der Waals surface area contributed by atoms with E-state index < -0.39 is 0 Å². The minimum atomic E-state index is 0.0366. The van der Waals surface area contributed by atoms with Crippen molar-refractivity contribution in [2.45, 2.75) is 6.54 Å². The van der Waals surface area contributed by atoms with Gasteiger partial charge in [-0.1, -0.05) is 41.9 Å². The third-order valence-electron chi connectivity index (χ3n) is 4.83. The van der Waals surface area contributed by atoms with Crippen LogP contribution in [-0.2, 0) is 6.54 Å². The normalized spacial score (nSPS) is 15.1. The average molecular weight is 381 g/mol. The molecule has 138 valence electrons. The van der Waals surface area contributed by atoms with Crippen LogP contribution in [0.2, 0.25) is 5.02 Å². The van der Waals surface area contributed by atoms with E-state index >= 15 is 0 Å². The Hall–Kier alpha value is -2.63. The number of halogens is 1. The van der Waals surface area contributed by atoms with E-state index in [2.05, 4.69) is 34.3 Å². The van der Waals surface area contributed by atoms with Crippen molar-refractivity contribution in [3.8, 4) is 5.69 Å². The lowest BCUT2D eigenvalue weighted by atomic mass is 10.2. The van der Waals surface area contributed by atoms with Gasteiger partial charge in [0.15, 0.2) is 0 Å². The molecule has 0 unspecified atom stereocenters. The molecular weight excluding hydrogens is 360 g/mol. The first kappa shape index (κ1) is 17.8. The number of aromatic nitrogens is 2. The fraction of sp³-hybridized carbons (Fsp3) is 0.238. The fourth-order valence-electron chi connectivity index (χ4n) is 3.30. The maximum Gasteiger partial charge on any atom is 0.257 e. The van der Waals surface area contributed by atoms with Gasteiger partial charge in [-0.15, -0.1) is 0 Å². The van der Waals surface area contributed by atoms with E-state index in [0.717, 1.165) is 38.4 Å². The molecule has 0 bridgehead atoms. The summed E-state index contributed by atoms with van der Waals surface area (Å²) in [4.78, 5) is 17.1. The lowest BCUT2D eigenvalue weighted by Gasteiger charge is -2.34. The zero-order valence-electron chi connectivity index (χ0n) is 15.0. The topological polar surface area (TPSA) is 41.4 Å². The second kappa shape index (κ2) is 7.94. The molecule has 2 heterocycles. The van der Waals surface area contributed by atoms with Crippen LogP contribution in [0.3, 0.4) is 0 Å². The Bertz CT molecular complexity index is 899. The highest BCUT2D eigenvalue weighted by Gasteiger charge is 2.23. The Labute approximate surface area is 163 Å². The van der Waals surface area contributed by atoms with Crippen molar-refractivity contribution in [2.75, 3.05) is 26.2 Å². The molecule has 0 N–H and O–H groups in total. The molecule has 1 aromatic heterocycles. The van der Waals surface area contributed by atoms with Crippen LogP contribution in [0.5, 0.6) is 0 Å². The zero-order chi connectivity index (χ0) is 18.6. The Morgan fingerprint density at radius 3 is 2.37 bits per heavy atom. The molecular formula is C21H21ClN4O. The summed E-state index contributed by atoms with van der Waals surface area (Å²) >= 11 is 5.92. The van der Waals surface area contributed by atoms with E-state index in [-0.39, 0.29) is 5.91 Å². The second-order valence-electron chi connectivity index (χ2n) is 6.70. The number of nitrogens with zero attached hydrogens (tertiary/aromatic N) is 4. The van der Waals surface area contributed by atoms with E-state index in [0.29, 0.717) is 10.6 Å². The molecule has 3 aromatic rings. The van der Waals surface area contributed by atoms with Crippen molar-refractivity contribution >= 4 is 17.5 Å². The number of amides is 1. The van der Waals surface area contributed by atoms with Crippen LogP contribution >= 0.6 is 11.6 Å². The van der Waals surface area contributed by atoms with E-state index in [9.17, 15) is 4.79 Å². The summed E-state index contributed by atoms with van der Waals surface area (Å²) in [6.45, 7) is 4.16. The summed E-state index contributed by atoms with van der Waals surface area (Å²) in [5.74, 6) is 0.0366. The van der Waals surface area contributed by atoms with Gasteiger partial charge in [0.2, 0.25) is 0 Å². The Kier molecular flexibility index (Phi) is 5.23. The number of piperazine rings is 1. The number of benzene rings is 2. The molecule has 4 rings (SSSR count). The third-order valence-corrected chi connectivity index (χ3v) is 5.08. The van der Waals surface area contributed by atoms with Gasteiger partial charge in [-0.3, -0.25) is 9.69 Å². The third kappa shape index (κ3) is 4.21. The predicted molar refractivity (Wildman–Crippen MR) is 106 cm³/mol. The number of carbonyl (C=O) groups is 1. The summed E-state index contributed by atoms with van der Waals surface area (Å²) in [5.41, 5.74) is 2.80. The molecule has 1 saturated heterocycles. The second-order valence-corrected chi connectivity index (χ2v) is 7.14. The SMILES string of the molecule is O=C(c1cnn(-c2ccc(Cl)cc2)c1)N1CCN(Cc2ccccc2)CC1. The quantitative estimate of drug-likeness (QED) is 0.695. The van der Waals surface area contributed by atoms with Crippen LogP contribution in [0.25, 0.3) is 5.69 Å². The van der Waals surface area contributed by atoms with Crippen LogP contribution in [-0.4, -0.2) is 51.7 Å². The van der Waals surface area contributed by atoms with E-state index in [4.69, 9.17) is 11.6 Å². The van der Waals surface area contributed by atoms with Gasteiger partial charge in [0, 0.05) is 43.9 Å². The summed E-state index contributed by atoms with van der Waals surface area (Å²) in [6, 6.07) is 17.8. The number of hydrogen-bond acceptors (Lipinski definition) is 3. The number of hydrogen-bond donors (Lipinski definition) is 0. The minimum absolute atomic E-state index is 0.0366. The van der Waals surface area contributed by atoms with Crippen LogP contribution in [0.1, 0.15) is 15.9 Å². The summed E-state index contributed by atoms with van der Waals surface area (Å²) in [6.07, 6.45) is 3.41. The molecule has 1 aliphatic heterocycles. The van der Waals surface area contributed by atoms with Gasteiger partial charge in [0.05, 0.1) is 17.4 Å². The molecule has 1 amide bonds. The fourth-order valence-corrected chi connectivity index (χ4v) is 3.43. The standard InChI is InChI=1S/C21H21ClN4O/c22-19-6-8-20(9-7-19)26-16-18(14-23-26)21(27)25-12-10-24(11-13-25)15-17-4-2-1-3-5-17/h1-9,14,16H,10-13,15H2. The summed E-state index contributed by atoms with van der Waals surface area (Å²) < 4.78 is 1.70. The highest BCUT2D eigenvalue weighted by atomic mass is 35.5. The lowest BCUT2D eigenvalue weighted by molar-refractivity contribution is 0.0628. The van der Waals surface area contributed by atoms with Crippen molar-refractivity contribution in [1.29, 1.82) is 0 Å². The number of rotatable bonds is 4. The van der Waals surface area contributed by atoms with Crippen LogP contribution < -0.4 is 0 Å². The van der Waals surface area contributed by atoms with Crippen LogP contribution in [0.15, 0.2) is 67.0 Å². The lowest BCUT2D eigenvalue weighted by Crippen LogP contribution is -2.48. The van der Waals surface area contributed by atoms with Crippen LogP contribution in [0, 0.1) is 0 Å². The van der Waals surface area contributed by atoms with Crippen molar-refractivity contribution < 1.29 is 4.79 Å². The highest BCUT2D eigenvalue weighted by molar-refractivity contribution is 6.30. The van der Waals surface area contributed by atoms with Gasteiger partial charge in [-0.25, -0.2) is 4.68 Å².